The summed E-state index contributed by atoms with van der Waals surface area (Å²) in [5.74, 6) is 0.541. The van der Waals surface area contributed by atoms with E-state index in [1.54, 1.807) is 9.58 Å². The number of benzene rings is 3. The predicted octanol–water partition coefficient (Wildman–Crippen LogP) is 6.69. The Morgan fingerprint density at radius 1 is 0.943 bits per heavy atom. The monoisotopic (exact) mass is 493 g/mol. The Bertz CT molecular complexity index is 1550. The molecule has 3 heterocycles. The molecule has 0 N–H and O–H groups in total. The van der Waals surface area contributed by atoms with Gasteiger partial charge in [-0.05, 0) is 35.9 Å². The summed E-state index contributed by atoms with van der Waals surface area (Å²) in [7, 11) is 0. The molecule has 1 aliphatic heterocycles. The summed E-state index contributed by atoms with van der Waals surface area (Å²) in [6.07, 6.45) is 3.78. The Morgan fingerprint density at radius 3 is 2.43 bits per heavy atom. The molecule has 3 aromatic carbocycles. The van der Waals surface area contributed by atoms with Crippen molar-refractivity contribution in [2.24, 2.45) is 0 Å². The van der Waals surface area contributed by atoms with E-state index in [0.29, 0.717) is 27.2 Å². The number of thioether (sulfide) groups is 1. The Morgan fingerprint density at radius 2 is 1.66 bits per heavy atom. The van der Waals surface area contributed by atoms with Crippen LogP contribution in [0.5, 0.6) is 0 Å². The van der Waals surface area contributed by atoms with Gasteiger partial charge in [-0.3, -0.25) is 9.69 Å². The van der Waals surface area contributed by atoms with Gasteiger partial charge < -0.3 is 4.42 Å². The smallest absolute Gasteiger partial charge is 0.266 e. The molecule has 6 rings (SSSR count). The van der Waals surface area contributed by atoms with Crippen molar-refractivity contribution in [1.82, 2.24) is 14.7 Å². The maximum absolute atomic E-state index is 13.3. The molecule has 170 valence electrons. The van der Waals surface area contributed by atoms with Crippen LogP contribution < -0.4 is 0 Å². The van der Waals surface area contributed by atoms with Crippen LogP contribution in [-0.4, -0.2) is 24.9 Å². The maximum Gasteiger partial charge on any atom is 0.266 e. The van der Waals surface area contributed by atoms with Gasteiger partial charge in [-0.25, -0.2) is 4.68 Å². The zero-order valence-electron chi connectivity index (χ0n) is 18.5. The molecular weight excluding hydrogens is 474 g/mol. The number of nitrogens with zero attached hydrogens (tertiary/aromatic N) is 3. The molecule has 0 spiro atoms. The van der Waals surface area contributed by atoms with Crippen molar-refractivity contribution in [3.8, 4) is 17.1 Å². The summed E-state index contributed by atoms with van der Waals surface area (Å²) in [5, 5.41) is 5.83. The zero-order valence-corrected chi connectivity index (χ0v) is 20.1. The minimum Gasteiger partial charge on any atom is -0.454 e. The van der Waals surface area contributed by atoms with Gasteiger partial charge in [0, 0.05) is 17.1 Å². The van der Waals surface area contributed by atoms with Crippen LogP contribution in [0.2, 0.25) is 0 Å². The lowest BCUT2D eigenvalue weighted by Gasteiger charge is -2.14. The summed E-state index contributed by atoms with van der Waals surface area (Å²) >= 11 is 6.86. The van der Waals surface area contributed by atoms with E-state index in [9.17, 15) is 4.79 Å². The number of hydrogen-bond acceptors (Lipinski definition) is 5. The van der Waals surface area contributed by atoms with Gasteiger partial charge in [0.05, 0.1) is 17.1 Å². The van der Waals surface area contributed by atoms with Gasteiger partial charge >= 0.3 is 0 Å². The summed E-state index contributed by atoms with van der Waals surface area (Å²) in [6, 6.07) is 29.6. The number of amides is 1. The Labute approximate surface area is 211 Å². The highest BCUT2D eigenvalue weighted by molar-refractivity contribution is 8.26. The van der Waals surface area contributed by atoms with E-state index in [1.165, 1.54) is 11.8 Å². The molecule has 5 nitrogen and oxygen atoms in total. The van der Waals surface area contributed by atoms with Gasteiger partial charge in [-0.15, -0.1) is 0 Å². The van der Waals surface area contributed by atoms with E-state index in [2.05, 4.69) is 0 Å². The zero-order chi connectivity index (χ0) is 23.8. The number of hydrogen-bond donors (Lipinski definition) is 0. The summed E-state index contributed by atoms with van der Waals surface area (Å²) in [4.78, 5) is 15.5. The highest BCUT2D eigenvalue weighted by Crippen LogP contribution is 2.36. The first kappa shape index (κ1) is 21.6. The van der Waals surface area contributed by atoms with Crippen LogP contribution in [0.3, 0.4) is 0 Å². The lowest BCUT2D eigenvalue weighted by molar-refractivity contribution is -0.122. The van der Waals surface area contributed by atoms with Crippen LogP contribution in [0.25, 0.3) is 34.2 Å². The van der Waals surface area contributed by atoms with Crippen molar-refractivity contribution in [2.45, 2.75) is 6.54 Å². The lowest BCUT2D eigenvalue weighted by atomic mass is 10.1. The molecular formula is C28H19N3O2S2. The first-order chi connectivity index (χ1) is 17.2. The van der Waals surface area contributed by atoms with Gasteiger partial charge in [-0.2, -0.15) is 5.10 Å². The third kappa shape index (κ3) is 4.20. The lowest BCUT2D eigenvalue weighted by Crippen LogP contribution is -2.27. The molecule has 0 atom stereocenters. The highest BCUT2D eigenvalue weighted by Gasteiger charge is 2.32. The molecule has 7 heteroatoms. The van der Waals surface area contributed by atoms with Gasteiger partial charge in [0.25, 0.3) is 5.91 Å². The van der Waals surface area contributed by atoms with Crippen molar-refractivity contribution in [3.63, 3.8) is 0 Å². The fraction of sp³-hybridized carbons (Fsp3) is 0.0357. The van der Waals surface area contributed by atoms with Crippen LogP contribution >= 0.6 is 24.0 Å². The van der Waals surface area contributed by atoms with Gasteiger partial charge in [0.15, 0.2) is 5.76 Å². The molecule has 0 unspecified atom stereocenters. The first-order valence-electron chi connectivity index (χ1n) is 11.1. The second-order valence-electron chi connectivity index (χ2n) is 8.12. The fourth-order valence-corrected chi connectivity index (χ4v) is 5.29. The predicted molar refractivity (Wildman–Crippen MR) is 144 cm³/mol. The third-order valence-electron chi connectivity index (χ3n) is 5.77. The Balaban J connectivity index is 1.41. The largest absolute Gasteiger partial charge is 0.454 e. The summed E-state index contributed by atoms with van der Waals surface area (Å²) in [6.45, 7) is 0.447. The van der Waals surface area contributed by atoms with Crippen LogP contribution in [0.4, 0.5) is 0 Å². The van der Waals surface area contributed by atoms with Crippen LogP contribution in [0, 0.1) is 0 Å². The number of furan rings is 1. The molecule has 0 aliphatic carbocycles. The summed E-state index contributed by atoms with van der Waals surface area (Å²) < 4.78 is 8.48. The number of carbonyl (C=O) groups excluding carboxylic acids is 1. The van der Waals surface area contributed by atoms with Gasteiger partial charge in [0.2, 0.25) is 0 Å². The molecule has 1 saturated heterocycles. The van der Waals surface area contributed by atoms with Gasteiger partial charge in [0.1, 0.15) is 15.6 Å². The van der Waals surface area contributed by atoms with Crippen molar-refractivity contribution in [2.75, 3.05) is 0 Å². The second kappa shape index (κ2) is 9.02. The van der Waals surface area contributed by atoms with E-state index in [1.807, 2.05) is 103 Å². The van der Waals surface area contributed by atoms with E-state index >= 15 is 0 Å². The minimum absolute atomic E-state index is 0.105. The Hall–Kier alpha value is -3.94. The molecule has 2 aromatic heterocycles. The van der Waals surface area contributed by atoms with Crippen LogP contribution in [0.15, 0.2) is 107 Å². The van der Waals surface area contributed by atoms with Crippen LogP contribution in [-0.2, 0) is 11.3 Å². The van der Waals surface area contributed by atoms with E-state index in [-0.39, 0.29) is 5.91 Å². The van der Waals surface area contributed by atoms with E-state index < -0.39 is 0 Å². The molecule has 35 heavy (non-hydrogen) atoms. The van der Waals surface area contributed by atoms with E-state index in [0.717, 1.165) is 27.8 Å². The standard InChI is InChI=1S/C28H19N3O2S2/c32-27-25(35-28(34)30(27)17-19-9-3-1-4-10-19)16-21-18-31(22-12-5-2-6-13-22)29-26(21)24-15-20-11-7-8-14-23(20)33-24/h1-16,18H,17H2. The first-order valence-corrected chi connectivity index (χ1v) is 12.3. The SMILES string of the molecule is O=C1C(=Cc2cn(-c3ccccc3)nc2-c2cc3ccccc3o2)SC(=S)N1Cc1ccccc1. The number of thiocarbonyl (C=S) groups is 1. The summed E-state index contributed by atoms with van der Waals surface area (Å²) in [5.41, 5.74) is 4.19. The molecule has 5 aromatic rings. The number of fused-ring (bicyclic) bond motifs is 1. The molecule has 1 amide bonds. The minimum atomic E-state index is -0.105. The van der Waals surface area contributed by atoms with Gasteiger partial charge in [-0.1, -0.05) is 90.7 Å². The topological polar surface area (TPSA) is 51.3 Å². The van der Waals surface area contributed by atoms with Crippen molar-refractivity contribution in [3.05, 3.63) is 113 Å². The number of rotatable bonds is 5. The molecule has 0 bridgehead atoms. The number of carbonyl (C=O) groups is 1. The highest BCUT2D eigenvalue weighted by atomic mass is 32.2. The Kier molecular flexibility index (Phi) is 5.56. The quantitative estimate of drug-likeness (QED) is 0.202. The van der Waals surface area contributed by atoms with Crippen molar-refractivity contribution < 1.29 is 9.21 Å². The van der Waals surface area contributed by atoms with Crippen molar-refractivity contribution in [1.29, 1.82) is 0 Å². The van der Waals surface area contributed by atoms with E-state index in [4.69, 9.17) is 21.7 Å². The van der Waals surface area contributed by atoms with Crippen LogP contribution in [0.1, 0.15) is 11.1 Å². The average molecular weight is 494 g/mol. The molecule has 0 saturated carbocycles. The third-order valence-corrected chi connectivity index (χ3v) is 7.14. The maximum atomic E-state index is 13.3. The average Bonchev–Trinajstić information content (AvgIpc) is 3.58. The normalized spacial score (nSPS) is 15.0. The molecule has 0 radical (unpaired) electrons. The number of aromatic nitrogens is 2. The van der Waals surface area contributed by atoms with Crippen molar-refractivity contribution >= 4 is 51.3 Å². The second-order valence-corrected chi connectivity index (χ2v) is 9.79. The fourth-order valence-electron chi connectivity index (χ4n) is 4.04. The number of para-hydroxylation sites is 2. The molecule has 1 fully saturated rings. The molecule has 1 aliphatic rings.